The van der Waals surface area contributed by atoms with Gasteiger partial charge in [0.05, 0.1) is 10.6 Å². The molecule has 0 bridgehead atoms. The molecule has 1 amide bonds. The Balaban J connectivity index is 1.80. The van der Waals surface area contributed by atoms with Gasteiger partial charge in [-0.1, -0.05) is 50.2 Å². The van der Waals surface area contributed by atoms with Crippen LogP contribution in [0.4, 0.5) is 11.4 Å². The van der Waals surface area contributed by atoms with Gasteiger partial charge in [-0.3, -0.25) is 9.52 Å². The third-order valence-corrected chi connectivity index (χ3v) is 6.00. The van der Waals surface area contributed by atoms with E-state index in [0.717, 1.165) is 11.3 Å². The van der Waals surface area contributed by atoms with Gasteiger partial charge in [0.25, 0.3) is 15.9 Å². The van der Waals surface area contributed by atoms with Crippen molar-refractivity contribution < 1.29 is 13.2 Å². The van der Waals surface area contributed by atoms with Gasteiger partial charge in [-0.25, -0.2) is 8.42 Å². The number of nitrogens with one attached hydrogen (secondary N) is 2. The fraction of sp³-hybridized carbons (Fsp3) is 0.174. The molecule has 150 valence electrons. The number of carbonyl (C=O) groups excluding carboxylic acids is 1. The molecule has 0 spiro atoms. The molecule has 29 heavy (non-hydrogen) atoms. The summed E-state index contributed by atoms with van der Waals surface area (Å²) in [5, 5.41) is 2.95. The number of benzene rings is 3. The van der Waals surface area contributed by atoms with Crippen molar-refractivity contribution in [2.45, 2.75) is 31.6 Å². The van der Waals surface area contributed by atoms with E-state index in [0.29, 0.717) is 16.8 Å². The van der Waals surface area contributed by atoms with E-state index in [1.54, 1.807) is 43.3 Å². The molecule has 3 aromatic carbocycles. The standard InChI is InChI=1S/C23H24N2O3S/c1-16(2)20-11-7-8-12-22(20)24-23(26)18-13-14-21(17(3)15-18)25-29(27,28)19-9-5-4-6-10-19/h4-16,25H,1-3H3,(H,24,26). The normalized spacial score (nSPS) is 11.3. The molecule has 5 nitrogen and oxygen atoms in total. The largest absolute Gasteiger partial charge is 0.322 e. The summed E-state index contributed by atoms with van der Waals surface area (Å²) in [5.74, 6) is 0.0432. The maximum Gasteiger partial charge on any atom is 0.261 e. The van der Waals surface area contributed by atoms with E-state index in [1.807, 2.05) is 24.3 Å². The zero-order chi connectivity index (χ0) is 21.0. The summed E-state index contributed by atoms with van der Waals surface area (Å²) in [6.45, 7) is 5.91. The summed E-state index contributed by atoms with van der Waals surface area (Å²) in [4.78, 5) is 12.9. The van der Waals surface area contributed by atoms with Gasteiger partial charge in [0, 0.05) is 11.3 Å². The first-order chi connectivity index (χ1) is 13.8. The van der Waals surface area contributed by atoms with Crippen molar-refractivity contribution in [1.82, 2.24) is 0 Å². The van der Waals surface area contributed by atoms with Crippen molar-refractivity contribution in [3.05, 3.63) is 89.5 Å². The lowest BCUT2D eigenvalue weighted by Crippen LogP contribution is -2.16. The molecule has 6 heteroatoms. The van der Waals surface area contributed by atoms with Crippen LogP contribution < -0.4 is 10.0 Å². The van der Waals surface area contributed by atoms with E-state index in [9.17, 15) is 13.2 Å². The van der Waals surface area contributed by atoms with Crippen LogP contribution in [0.5, 0.6) is 0 Å². The number of carbonyl (C=O) groups is 1. The Morgan fingerprint density at radius 1 is 0.862 bits per heavy atom. The lowest BCUT2D eigenvalue weighted by molar-refractivity contribution is 0.102. The van der Waals surface area contributed by atoms with Crippen LogP contribution in [0.1, 0.15) is 41.3 Å². The second kappa shape index (κ2) is 8.49. The smallest absolute Gasteiger partial charge is 0.261 e. The third-order valence-electron chi connectivity index (χ3n) is 4.62. The molecule has 2 N–H and O–H groups in total. The fourth-order valence-corrected chi connectivity index (χ4v) is 4.18. The molecule has 0 aliphatic heterocycles. The minimum atomic E-state index is -3.68. The minimum absolute atomic E-state index is 0.187. The second-order valence-corrected chi connectivity index (χ2v) is 8.83. The molecule has 3 aromatic rings. The highest BCUT2D eigenvalue weighted by Gasteiger charge is 2.16. The number of hydrogen-bond donors (Lipinski definition) is 2. The third kappa shape index (κ3) is 4.84. The Morgan fingerprint density at radius 2 is 1.52 bits per heavy atom. The van der Waals surface area contributed by atoms with Crippen LogP contribution in [-0.2, 0) is 10.0 Å². The first kappa shape index (κ1) is 20.6. The van der Waals surface area contributed by atoms with Gasteiger partial charge in [-0.15, -0.1) is 0 Å². The van der Waals surface area contributed by atoms with E-state index in [1.165, 1.54) is 12.1 Å². The molecule has 0 atom stereocenters. The average Bonchev–Trinajstić information content (AvgIpc) is 2.70. The number of hydrogen-bond acceptors (Lipinski definition) is 3. The van der Waals surface area contributed by atoms with Gasteiger partial charge in [0.15, 0.2) is 0 Å². The molecule has 0 aliphatic carbocycles. The number of anilines is 2. The summed E-state index contributed by atoms with van der Waals surface area (Å²) >= 11 is 0. The molecule has 0 unspecified atom stereocenters. The van der Waals surface area contributed by atoms with E-state index >= 15 is 0 Å². The Bertz CT molecular complexity index is 1120. The van der Waals surface area contributed by atoms with Gasteiger partial charge < -0.3 is 5.32 Å². The maximum absolute atomic E-state index is 12.7. The predicted molar refractivity (Wildman–Crippen MR) is 117 cm³/mol. The lowest BCUT2D eigenvalue weighted by atomic mass is 10.0. The van der Waals surface area contributed by atoms with E-state index < -0.39 is 10.0 Å². The molecule has 0 aromatic heterocycles. The van der Waals surface area contributed by atoms with E-state index in [2.05, 4.69) is 23.9 Å². The number of para-hydroxylation sites is 1. The van der Waals surface area contributed by atoms with Crippen molar-refractivity contribution in [3.63, 3.8) is 0 Å². The number of aryl methyl sites for hydroxylation is 1. The summed E-state index contributed by atoms with van der Waals surface area (Å²) in [6.07, 6.45) is 0. The van der Waals surface area contributed by atoms with E-state index in [-0.39, 0.29) is 16.7 Å². The van der Waals surface area contributed by atoms with E-state index in [4.69, 9.17) is 0 Å². The van der Waals surface area contributed by atoms with Gasteiger partial charge in [-0.05, 0) is 60.4 Å². The lowest BCUT2D eigenvalue weighted by Gasteiger charge is -2.15. The van der Waals surface area contributed by atoms with Crippen LogP contribution >= 0.6 is 0 Å². The minimum Gasteiger partial charge on any atom is -0.322 e. The van der Waals surface area contributed by atoms with Gasteiger partial charge in [0.1, 0.15) is 0 Å². The quantitative estimate of drug-likeness (QED) is 0.591. The molecular formula is C23H24N2O3S. The van der Waals surface area contributed by atoms with Crippen LogP contribution in [0, 0.1) is 6.92 Å². The summed E-state index contributed by atoms with van der Waals surface area (Å²) in [6, 6.07) is 20.8. The summed E-state index contributed by atoms with van der Waals surface area (Å²) in [7, 11) is -3.68. The second-order valence-electron chi connectivity index (χ2n) is 7.14. The SMILES string of the molecule is Cc1cc(C(=O)Nc2ccccc2C(C)C)ccc1NS(=O)(=O)c1ccccc1. The summed E-state index contributed by atoms with van der Waals surface area (Å²) in [5.41, 5.74) is 3.40. The highest BCUT2D eigenvalue weighted by Crippen LogP contribution is 2.25. The van der Waals surface area contributed by atoms with Crippen LogP contribution in [-0.4, -0.2) is 14.3 Å². The van der Waals surface area contributed by atoms with Gasteiger partial charge in [0.2, 0.25) is 0 Å². The first-order valence-corrected chi connectivity index (χ1v) is 10.8. The molecule has 0 saturated carbocycles. The highest BCUT2D eigenvalue weighted by atomic mass is 32.2. The van der Waals surface area contributed by atoms with Crippen molar-refractivity contribution in [2.75, 3.05) is 10.0 Å². The Kier molecular flexibility index (Phi) is 6.03. The van der Waals surface area contributed by atoms with Gasteiger partial charge in [-0.2, -0.15) is 0 Å². The van der Waals surface area contributed by atoms with Crippen LogP contribution in [0.25, 0.3) is 0 Å². The number of amides is 1. The number of rotatable bonds is 6. The Morgan fingerprint density at radius 3 is 2.17 bits per heavy atom. The zero-order valence-electron chi connectivity index (χ0n) is 16.6. The molecule has 0 fully saturated rings. The maximum atomic E-state index is 12.7. The Labute approximate surface area is 171 Å². The van der Waals surface area contributed by atoms with Crippen LogP contribution in [0.2, 0.25) is 0 Å². The Hall–Kier alpha value is -3.12. The predicted octanol–water partition coefficient (Wildman–Crippen LogP) is 5.17. The zero-order valence-corrected chi connectivity index (χ0v) is 17.5. The molecule has 0 aliphatic rings. The topological polar surface area (TPSA) is 75.3 Å². The van der Waals surface area contributed by atoms with Crippen molar-refractivity contribution in [1.29, 1.82) is 0 Å². The fourth-order valence-electron chi connectivity index (χ4n) is 3.03. The monoisotopic (exact) mass is 408 g/mol. The van der Waals surface area contributed by atoms with Gasteiger partial charge >= 0.3 is 0 Å². The molecule has 3 rings (SSSR count). The van der Waals surface area contributed by atoms with Crippen LogP contribution in [0.3, 0.4) is 0 Å². The molecule has 0 saturated heterocycles. The molecule has 0 radical (unpaired) electrons. The van der Waals surface area contributed by atoms with Crippen molar-refractivity contribution in [2.24, 2.45) is 0 Å². The number of sulfonamides is 1. The average molecular weight is 409 g/mol. The summed E-state index contributed by atoms with van der Waals surface area (Å²) < 4.78 is 27.6. The van der Waals surface area contributed by atoms with Crippen molar-refractivity contribution >= 4 is 27.3 Å². The van der Waals surface area contributed by atoms with Crippen molar-refractivity contribution in [3.8, 4) is 0 Å². The van der Waals surface area contributed by atoms with Crippen LogP contribution in [0.15, 0.2) is 77.7 Å². The molecular weight excluding hydrogens is 384 g/mol. The molecule has 0 heterocycles. The highest BCUT2D eigenvalue weighted by molar-refractivity contribution is 7.92. The first-order valence-electron chi connectivity index (χ1n) is 9.37.